The molecule has 0 saturated carbocycles. The number of halogens is 1. The first-order valence-electron chi connectivity index (χ1n) is 15.5. The van der Waals surface area contributed by atoms with Crippen LogP contribution in [0.4, 0.5) is 5.69 Å². The number of sulfonamides is 1. The summed E-state index contributed by atoms with van der Waals surface area (Å²) in [5, 5.41) is 3.41. The third-order valence-corrected chi connectivity index (χ3v) is 9.61. The van der Waals surface area contributed by atoms with Gasteiger partial charge in [0.05, 0.1) is 31.9 Å². The van der Waals surface area contributed by atoms with Crippen LogP contribution in [0.25, 0.3) is 0 Å². The lowest BCUT2D eigenvalue weighted by molar-refractivity contribution is -0.140. The molecule has 0 spiro atoms. The van der Waals surface area contributed by atoms with Gasteiger partial charge in [-0.1, -0.05) is 54.1 Å². The van der Waals surface area contributed by atoms with Crippen molar-refractivity contribution >= 4 is 39.1 Å². The van der Waals surface area contributed by atoms with E-state index in [9.17, 15) is 18.0 Å². The van der Waals surface area contributed by atoms with Gasteiger partial charge >= 0.3 is 0 Å². The molecule has 1 unspecified atom stereocenters. The highest BCUT2D eigenvalue weighted by molar-refractivity contribution is 7.92. The number of nitrogens with zero attached hydrogens (tertiary/aromatic N) is 2. The maximum atomic E-state index is 14.7. The van der Waals surface area contributed by atoms with Crippen LogP contribution in [0, 0.1) is 0 Å². The number of carbonyl (C=O) groups excluding carboxylic acids is 2. The van der Waals surface area contributed by atoms with Crippen molar-refractivity contribution in [2.45, 2.75) is 50.2 Å². The Hall–Kier alpha value is -4.74. The number of hydrogen-bond acceptors (Lipinski definition) is 7. The van der Waals surface area contributed by atoms with Gasteiger partial charge in [0.1, 0.15) is 18.3 Å². The summed E-state index contributed by atoms with van der Waals surface area (Å²) in [4.78, 5) is 30.1. The van der Waals surface area contributed by atoms with Gasteiger partial charge in [0.15, 0.2) is 11.5 Å². The van der Waals surface area contributed by atoms with Crippen molar-refractivity contribution in [3.05, 3.63) is 113 Å². The predicted octanol–water partition coefficient (Wildman–Crippen LogP) is 6.12. The number of amides is 2. The molecule has 1 N–H and O–H groups in total. The first kappa shape index (κ1) is 37.1. The van der Waals surface area contributed by atoms with Crippen LogP contribution in [0.1, 0.15) is 31.9 Å². The zero-order valence-electron chi connectivity index (χ0n) is 28.5. The van der Waals surface area contributed by atoms with Gasteiger partial charge < -0.3 is 24.4 Å². The SMILES string of the molecule is COc1cccc(CN(C(=O)CN(c2ccc(Cl)cc2)S(=O)(=O)c2ccc(OC)c(OC)c2)C(Cc2ccccc2)C(=O)NC(C)(C)C)c1. The first-order chi connectivity index (χ1) is 23.2. The van der Waals surface area contributed by atoms with E-state index in [1.54, 1.807) is 37.4 Å². The zero-order chi connectivity index (χ0) is 35.8. The highest BCUT2D eigenvalue weighted by Crippen LogP contribution is 2.33. The molecule has 0 bridgehead atoms. The lowest BCUT2D eigenvalue weighted by Crippen LogP contribution is -2.56. The molecular weight excluding hydrogens is 666 g/mol. The molecule has 0 radical (unpaired) electrons. The summed E-state index contributed by atoms with van der Waals surface area (Å²) in [6.07, 6.45) is 0.182. The minimum Gasteiger partial charge on any atom is -0.497 e. The van der Waals surface area contributed by atoms with E-state index in [0.717, 1.165) is 9.87 Å². The Morgan fingerprint density at radius 1 is 0.796 bits per heavy atom. The van der Waals surface area contributed by atoms with Gasteiger partial charge in [-0.3, -0.25) is 13.9 Å². The summed E-state index contributed by atoms with van der Waals surface area (Å²) in [5.74, 6) is 0.128. The van der Waals surface area contributed by atoms with E-state index in [0.29, 0.717) is 22.1 Å². The van der Waals surface area contributed by atoms with Gasteiger partial charge in [-0.05, 0) is 80.4 Å². The molecular formula is C37H42ClN3O7S. The first-order valence-corrected chi connectivity index (χ1v) is 17.4. The molecule has 4 rings (SSSR count). The molecule has 2 amide bonds. The van der Waals surface area contributed by atoms with Crippen molar-refractivity contribution in [2.24, 2.45) is 0 Å². The predicted molar refractivity (Wildman–Crippen MR) is 191 cm³/mol. The molecule has 12 heteroatoms. The van der Waals surface area contributed by atoms with Gasteiger partial charge in [0.2, 0.25) is 11.8 Å². The second-order valence-corrected chi connectivity index (χ2v) is 14.6. The quantitative estimate of drug-likeness (QED) is 0.168. The number of benzene rings is 4. The molecule has 4 aromatic rings. The van der Waals surface area contributed by atoms with Gasteiger partial charge in [-0.25, -0.2) is 8.42 Å². The van der Waals surface area contributed by atoms with Crippen molar-refractivity contribution in [1.82, 2.24) is 10.2 Å². The average Bonchev–Trinajstić information content (AvgIpc) is 3.08. The van der Waals surface area contributed by atoms with E-state index in [1.165, 1.54) is 49.5 Å². The maximum Gasteiger partial charge on any atom is 0.264 e. The Bertz CT molecular complexity index is 1850. The largest absolute Gasteiger partial charge is 0.497 e. The van der Waals surface area contributed by atoms with Crippen LogP contribution >= 0.6 is 11.6 Å². The van der Waals surface area contributed by atoms with Gasteiger partial charge in [0.25, 0.3) is 10.0 Å². The lowest BCUT2D eigenvalue weighted by Gasteiger charge is -2.35. The molecule has 0 aliphatic heterocycles. The number of ether oxygens (including phenoxy) is 3. The molecule has 0 fully saturated rings. The van der Waals surface area contributed by atoms with Crippen molar-refractivity contribution < 1.29 is 32.2 Å². The lowest BCUT2D eigenvalue weighted by atomic mass is 10.0. The van der Waals surface area contributed by atoms with E-state index in [-0.39, 0.29) is 35.2 Å². The summed E-state index contributed by atoms with van der Waals surface area (Å²) in [6, 6.07) is 25.9. The Morgan fingerprint density at radius 3 is 2.06 bits per heavy atom. The number of methoxy groups -OCH3 is 3. The fourth-order valence-corrected chi connectivity index (χ4v) is 6.77. The Labute approximate surface area is 293 Å². The van der Waals surface area contributed by atoms with E-state index in [4.69, 9.17) is 25.8 Å². The summed E-state index contributed by atoms with van der Waals surface area (Å²) >= 11 is 6.17. The number of hydrogen-bond donors (Lipinski definition) is 1. The number of carbonyl (C=O) groups is 2. The Morgan fingerprint density at radius 2 is 1.45 bits per heavy atom. The van der Waals surface area contributed by atoms with Crippen molar-refractivity contribution in [2.75, 3.05) is 32.2 Å². The molecule has 0 aliphatic rings. The molecule has 0 heterocycles. The Kier molecular flexibility index (Phi) is 12.2. The minimum atomic E-state index is -4.38. The monoisotopic (exact) mass is 707 g/mol. The van der Waals surface area contributed by atoms with Gasteiger partial charge in [-0.15, -0.1) is 0 Å². The fraction of sp³-hybridized carbons (Fsp3) is 0.297. The van der Waals surface area contributed by atoms with E-state index in [2.05, 4.69) is 5.32 Å². The second-order valence-electron chi connectivity index (χ2n) is 12.3. The van der Waals surface area contributed by atoms with Crippen molar-refractivity contribution in [1.29, 1.82) is 0 Å². The molecule has 1 atom stereocenters. The standard InChI is InChI=1S/C37H42ClN3O7S/c1-37(2,3)39-36(43)32(22-26-11-8-7-9-12-26)40(24-27-13-10-14-30(21-27)46-4)35(42)25-41(29-17-15-28(38)16-18-29)49(44,45)31-19-20-33(47-5)34(23-31)48-6/h7-21,23,32H,22,24-25H2,1-6H3,(H,39,43). The van der Waals surface area contributed by atoms with Crippen LogP contribution < -0.4 is 23.8 Å². The zero-order valence-corrected chi connectivity index (χ0v) is 30.0. The molecule has 0 aromatic heterocycles. The van der Waals surface area contributed by atoms with Crippen LogP contribution in [-0.2, 0) is 32.6 Å². The van der Waals surface area contributed by atoms with Crippen LogP contribution in [0.5, 0.6) is 17.2 Å². The average molecular weight is 708 g/mol. The minimum absolute atomic E-state index is 0.00401. The van der Waals surface area contributed by atoms with Crippen LogP contribution in [-0.4, -0.2) is 64.6 Å². The molecule has 4 aromatic carbocycles. The fourth-order valence-electron chi connectivity index (χ4n) is 5.21. The summed E-state index contributed by atoms with van der Waals surface area (Å²) in [6.45, 7) is 4.94. The van der Waals surface area contributed by atoms with E-state index >= 15 is 0 Å². The van der Waals surface area contributed by atoms with Gasteiger partial charge in [-0.2, -0.15) is 0 Å². The third-order valence-electron chi connectivity index (χ3n) is 7.59. The second kappa shape index (κ2) is 16.1. The van der Waals surface area contributed by atoms with Crippen LogP contribution in [0.2, 0.25) is 5.02 Å². The highest BCUT2D eigenvalue weighted by atomic mass is 35.5. The van der Waals surface area contributed by atoms with Crippen molar-refractivity contribution in [3.8, 4) is 17.2 Å². The normalized spacial score (nSPS) is 12.1. The summed E-state index contributed by atoms with van der Waals surface area (Å²) in [5.41, 5.74) is 1.11. The van der Waals surface area contributed by atoms with Crippen LogP contribution in [0.3, 0.4) is 0 Å². The Balaban J connectivity index is 1.85. The number of rotatable bonds is 14. The summed E-state index contributed by atoms with van der Waals surface area (Å²) < 4.78 is 45.9. The smallest absolute Gasteiger partial charge is 0.264 e. The molecule has 0 aliphatic carbocycles. The number of nitrogens with one attached hydrogen (secondary N) is 1. The molecule has 0 saturated heterocycles. The van der Waals surface area contributed by atoms with Crippen molar-refractivity contribution in [3.63, 3.8) is 0 Å². The summed E-state index contributed by atoms with van der Waals surface area (Å²) in [7, 11) is 0.00924. The molecule has 10 nitrogen and oxygen atoms in total. The van der Waals surface area contributed by atoms with Gasteiger partial charge in [0, 0.05) is 29.6 Å². The molecule has 49 heavy (non-hydrogen) atoms. The molecule has 260 valence electrons. The van der Waals surface area contributed by atoms with E-state index in [1.807, 2.05) is 57.2 Å². The topological polar surface area (TPSA) is 114 Å². The third kappa shape index (κ3) is 9.67. The number of anilines is 1. The van der Waals surface area contributed by atoms with Crippen LogP contribution in [0.15, 0.2) is 102 Å². The van der Waals surface area contributed by atoms with E-state index < -0.39 is 34.1 Å². The highest BCUT2D eigenvalue weighted by Gasteiger charge is 2.36. The maximum absolute atomic E-state index is 14.7.